The quantitative estimate of drug-likeness (QED) is 0.227. The number of hydrogen-bond donors (Lipinski definition) is 1. The largest absolute Gasteiger partial charge is 0.609 e. The van der Waals surface area contributed by atoms with E-state index in [0.717, 1.165) is 28.8 Å². The Morgan fingerprint density at radius 1 is 1.09 bits per heavy atom. The van der Waals surface area contributed by atoms with Crippen LogP contribution in [-0.4, -0.2) is 39.1 Å². The van der Waals surface area contributed by atoms with Crippen LogP contribution in [0.5, 0.6) is 0 Å². The van der Waals surface area contributed by atoms with Crippen LogP contribution < -0.4 is 5.32 Å². The van der Waals surface area contributed by atoms with E-state index in [1.54, 1.807) is 31.7 Å². The van der Waals surface area contributed by atoms with Crippen molar-refractivity contribution in [1.82, 2.24) is 14.5 Å². The number of aromatic nitrogens is 3. The Balaban J connectivity index is 1.79. The van der Waals surface area contributed by atoms with Crippen molar-refractivity contribution in [2.24, 2.45) is 0 Å². The number of rotatable bonds is 10. The molecule has 0 saturated carbocycles. The maximum Gasteiger partial charge on any atom is 0.324 e. The summed E-state index contributed by atoms with van der Waals surface area (Å²) in [5.41, 5.74) is 4.25. The van der Waals surface area contributed by atoms with E-state index in [-0.39, 0.29) is 11.9 Å². The SMILES string of the molecule is COCCCn1c([S+](C)[O-])nc(-c2ccc(F)cc2)c1-c1ccnc(NC(C)c2ccccc2)c1. The summed E-state index contributed by atoms with van der Waals surface area (Å²) in [6.07, 6.45) is 4.10. The number of benzene rings is 2. The molecule has 0 saturated heterocycles. The predicted octanol–water partition coefficient (Wildman–Crippen LogP) is 5.70. The van der Waals surface area contributed by atoms with Crippen LogP contribution in [0.15, 0.2) is 78.1 Å². The van der Waals surface area contributed by atoms with Gasteiger partial charge in [0.1, 0.15) is 23.6 Å². The van der Waals surface area contributed by atoms with Gasteiger partial charge in [-0.2, -0.15) is 4.98 Å². The molecular weight excluding hydrogens is 463 g/mol. The predicted molar refractivity (Wildman–Crippen MR) is 138 cm³/mol. The summed E-state index contributed by atoms with van der Waals surface area (Å²) < 4.78 is 33.5. The number of hydrogen-bond acceptors (Lipinski definition) is 5. The second-order valence-corrected chi connectivity index (χ2v) is 9.53. The number of nitrogens with one attached hydrogen (secondary N) is 1. The van der Waals surface area contributed by atoms with Gasteiger partial charge in [-0.25, -0.2) is 9.37 Å². The average Bonchev–Trinajstić information content (AvgIpc) is 3.25. The molecule has 1 N–H and O–H groups in total. The fourth-order valence-electron chi connectivity index (χ4n) is 4.03. The molecule has 0 fully saturated rings. The van der Waals surface area contributed by atoms with E-state index >= 15 is 0 Å². The summed E-state index contributed by atoms with van der Waals surface area (Å²) in [4.78, 5) is 9.28. The smallest absolute Gasteiger partial charge is 0.324 e. The zero-order chi connectivity index (χ0) is 24.8. The number of halogens is 1. The van der Waals surface area contributed by atoms with E-state index in [1.807, 2.05) is 34.9 Å². The minimum absolute atomic E-state index is 0.0563. The molecule has 2 unspecified atom stereocenters. The van der Waals surface area contributed by atoms with Gasteiger partial charge >= 0.3 is 5.16 Å². The molecule has 4 rings (SSSR count). The van der Waals surface area contributed by atoms with E-state index in [1.165, 1.54) is 12.1 Å². The molecule has 35 heavy (non-hydrogen) atoms. The van der Waals surface area contributed by atoms with E-state index in [9.17, 15) is 8.94 Å². The topological polar surface area (TPSA) is 75.0 Å². The maximum atomic E-state index is 13.7. The summed E-state index contributed by atoms with van der Waals surface area (Å²) in [5, 5.41) is 3.94. The second-order valence-electron chi connectivity index (χ2n) is 8.26. The first-order valence-electron chi connectivity index (χ1n) is 11.4. The Morgan fingerprint density at radius 2 is 1.83 bits per heavy atom. The number of ether oxygens (including phenoxy) is 1. The summed E-state index contributed by atoms with van der Waals surface area (Å²) in [6, 6.07) is 20.3. The van der Waals surface area contributed by atoms with Gasteiger partial charge in [0, 0.05) is 54.8 Å². The van der Waals surface area contributed by atoms with Gasteiger partial charge < -0.3 is 14.6 Å². The number of anilines is 1. The molecule has 0 aliphatic heterocycles. The molecule has 6 nitrogen and oxygen atoms in total. The molecule has 0 amide bonds. The third kappa shape index (κ3) is 5.90. The van der Waals surface area contributed by atoms with Gasteiger partial charge in [-0.15, -0.1) is 0 Å². The Labute approximate surface area is 208 Å². The van der Waals surface area contributed by atoms with Crippen molar-refractivity contribution in [2.75, 3.05) is 25.3 Å². The Bertz CT molecular complexity index is 1250. The van der Waals surface area contributed by atoms with Crippen LogP contribution in [0.4, 0.5) is 10.2 Å². The van der Waals surface area contributed by atoms with Crippen LogP contribution in [0.25, 0.3) is 22.5 Å². The molecule has 2 aromatic heterocycles. The Kier molecular flexibility index (Phi) is 8.17. The molecule has 0 aliphatic carbocycles. The van der Waals surface area contributed by atoms with Crippen LogP contribution >= 0.6 is 0 Å². The molecular formula is C27H29FN4O2S. The highest BCUT2D eigenvalue weighted by molar-refractivity contribution is 7.90. The Morgan fingerprint density at radius 3 is 2.51 bits per heavy atom. The van der Waals surface area contributed by atoms with Crippen molar-refractivity contribution in [2.45, 2.75) is 31.1 Å². The molecule has 8 heteroatoms. The molecule has 0 spiro atoms. The molecule has 2 atom stereocenters. The lowest BCUT2D eigenvalue weighted by Gasteiger charge is -2.16. The first-order valence-corrected chi connectivity index (χ1v) is 13.0. The summed E-state index contributed by atoms with van der Waals surface area (Å²) in [7, 11) is 1.66. The van der Waals surface area contributed by atoms with Gasteiger partial charge in [-0.3, -0.25) is 4.57 Å². The first-order chi connectivity index (χ1) is 17.0. The standard InChI is InChI=1S/C27H29FN4O2S/c1-19(20-8-5-4-6-9-20)30-24-18-22(14-15-29-24)26-25(21-10-12-23(28)13-11-21)31-27(35(3)33)32(26)16-7-17-34-2/h4-6,8-15,18-19H,7,16-17H2,1-3H3,(H,29,30). The fraction of sp³-hybridized carbons (Fsp3) is 0.259. The number of imidazole rings is 1. The van der Waals surface area contributed by atoms with Crippen LogP contribution in [-0.2, 0) is 22.5 Å². The van der Waals surface area contributed by atoms with Crippen molar-refractivity contribution < 1.29 is 13.7 Å². The molecule has 0 radical (unpaired) electrons. The molecule has 4 aromatic rings. The minimum atomic E-state index is -1.32. The van der Waals surface area contributed by atoms with Crippen molar-refractivity contribution in [1.29, 1.82) is 0 Å². The number of nitrogens with zero attached hydrogens (tertiary/aromatic N) is 3. The number of methoxy groups -OCH3 is 1. The highest BCUT2D eigenvalue weighted by Crippen LogP contribution is 2.35. The van der Waals surface area contributed by atoms with Crippen LogP contribution in [0.1, 0.15) is 24.9 Å². The van der Waals surface area contributed by atoms with E-state index in [0.29, 0.717) is 29.8 Å². The zero-order valence-corrected chi connectivity index (χ0v) is 20.9. The second kappa shape index (κ2) is 11.5. The van der Waals surface area contributed by atoms with Crippen LogP contribution in [0, 0.1) is 5.82 Å². The summed E-state index contributed by atoms with van der Waals surface area (Å²) in [5.74, 6) is 0.395. The third-order valence-corrected chi connectivity index (χ3v) is 6.56. The summed E-state index contributed by atoms with van der Waals surface area (Å²) in [6.45, 7) is 3.23. The zero-order valence-electron chi connectivity index (χ0n) is 20.1. The van der Waals surface area contributed by atoms with Crippen molar-refractivity contribution >= 4 is 17.0 Å². The van der Waals surface area contributed by atoms with E-state index in [2.05, 4.69) is 29.4 Å². The third-order valence-electron chi connectivity index (χ3n) is 5.73. The molecule has 0 bridgehead atoms. The molecule has 2 aromatic carbocycles. The van der Waals surface area contributed by atoms with Crippen molar-refractivity contribution in [3.05, 3.63) is 84.3 Å². The molecule has 0 aliphatic rings. The monoisotopic (exact) mass is 492 g/mol. The average molecular weight is 493 g/mol. The first kappa shape index (κ1) is 24.9. The normalized spacial score (nSPS) is 12.9. The fourth-order valence-corrected chi connectivity index (χ4v) is 4.74. The van der Waals surface area contributed by atoms with Gasteiger partial charge in [0.25, 0.3) is 0 Å². The molecule has 2 heterocycles. The number of pyridine rings is 1. The summed E-state index contributed by atoms with van der Waals surface area (Å²) >= 11 is -1.32. The lowest BCUT2D eigenvalue weighted by Crippen LogP contribution is -2.12. The van der Waals surface area contributed by atoms with Gasteiger partial charge in [0.05, 0.1) is 5.69 Å². The lowest BCUT2D eigenvalue weighted by atomic mass is 10.0. The highest BCUT2D eigenvalue weighted by Gasteiger charge is 2.25. The minimum Gasteiger partial charge on any atom is -0.609 e. The molecule has 182 valence electrons. The lowest BCUT2D eigenvalue weighted by molar-refractivity contribution is 0.189. The van der Waals surface area contributed by atoms with Crippen LogP contribution in [0.2, 0.25) is 0 Å². The van der Waals surface area contributed by atoms with Crippen molar-refractivity contribution in [3.8, 4) is 22.5 Å². The van der Waals surface area contributed by atoms with Gasteiger partial charge in [-0.05, 0) is 55.3 Å². The van der Waals surface area contributed by atoms with E-state index < -0.39 is 11.2 Å². The van der Waals surface area contributed by atoms with Gasteiger partial charge in [-0.1, -0.05) is 30.3 Å². The Hall–Kier alpha value is -3.20. The van der Waals surface area contributed by atoms with Gasteiger partial charge in [0.15, 0.2) is 0 Å². The van der Waals surface area contributed by atoms with E-state index in [4.69, 9.17) is 9.72 Å². The maximum absolute atomic E-state index is 13.7. The van der Waals surface area contributed by atoms with Crippen LogP contribution in [0.3, 0.4) is 0 Å². The van der Waals surface area contributed by atoms with Gasteiger partial charge in [0.2, 0.25) is 0 Å². The highest BCUT2D eigenvalue weighted by atomic mass is 32.2. The van der Waals surface area contributed by atoms with Crippen molar-refractivity contribution in [3.63, 3.8) is 0 Å².